The number of thiophene rings is 1. The quantitative estimate of drug-likeness (QED) is 0.699. The first kappa shape index (κ1) is 8.99. The number of fused-ring (bicyclic) bond motifs is 1. The largest absolute Gasteiger partial charge is 0.392 e. The average molecular weight is 214 g/mol. The van der Waals surface area contributed by atoms with E-state index in [0.29, 0.717) is 10.3 Å². The summed E-state index contributed by atoms with van der Waals surface area (Å²) in [6.07, 6.45) is 0. The van der Waals surface area contributed by atoms with Crippen molar-refractivity contribution < 1.29 is 9.50 Å². The third-order valence-electron chi connectivity index (χ3n) is 1.91. The van der Waals surface area contributed by atoms with E-state index in [1.54, 1.807) is 17.5 Å². The summed E-state index contributed by atoms with van der Waals surface area (Å²) < 4.78 is 14.1. The van der Waals surface area contributed by atoms with Crippen molar-refractivity contribution in [3.05, 3.63) is 28.9 Å². The van der Waals surface area contributed by atoms with Crippen molar-refractivity contribution in [3.8, 4) is 0 Å². The van der Waals surface area contributed by atoms with Crippen molar-refractivity contribution in [2.24, 2.45) is 0 Å². The molecule has 1 aromatic heterocycles. The highest BCUT2D eigenvalue weighted by Gasteiger charge is 2.09. The second kappa shape index (κ2) is 3.29. The van der Waals surface area contributed by atoms with E-state index in [1.165, 1.54) is 11.3 Å². The molecule has 1 heterocycles. The van der Waals surface area contributed by atoms with Crippen LogP contribution in [0.1, 0.15) is 5.56 Å². The molecule has 13 heavy (non-hydrogen) atoms. The number of hydrogen-bond acceptors (Lipinski definition) is 3. The molecule has 0 bridgehead atoms. The van der Waals surface area contributed by atoms with Crippen molar-refractivity contribution in [3.63, 3.8) is 0 Å². The van der Waals surface area contributed by atoms with Gasteiger partial charge in [-0.25, -0.2) is 4.39 Å². The highest BCUT2D eigenvalue weighted by Crippen LogP contribution is 2.31. The fourth-order valence-electron chi connectivity index (χ4n) is 1.21. The second-order valence-corrected chi connectivity index (χ2v) is 4.06. The molecular formula is C9H7FOS2. The zero-order valence-corrected chi connectivity index (χ0v) is 8.33. The summed E-state index contributed by atoms with van der Waals surface area (Å²) in [7, 11) is 0. The van der Waals surface area contributed by atoms with E-state index < -0.39 is 0 Å². The summed E-state index contributed by atoms with van der Waals surface area (Å²) >= 11 is 5.50. The molecule has 0 saturated heterocycles. The molecule has 0 aliphatic rings. The molecule has 1 nitrogen and oxygen atoms in total. The van der Waals surface area contributed by atoms with Crippen LogP contribution in [-0.2, 0) is 6.61 Å². The minimum atomic E-state index is -0.328. The Hall–Kier alpha value is -0.580. The number of aliphatic hydroxyl groups is 1. The molecule has 0 atom stereocenters. The van der Waals surface area contributed by atoms with Gasteiger partial charge in [-0.1, -0.05) is 12.1 Å². The summed E-state index contributed by atoms with van der Waals surface area (Å²) in [5, 5.41) is 11.4. The lowest BCUT2D eigenvalue weighted by molar-refractivity contribution is 0.276. The zero-order chi connectivity index (χ0) is 9.42. The standard InChI is InChI=1S/C9H7FOS2/c10-8-5(3-11)1-2-6-7(12)4-13-9(6)8/h1-2,4,11-12H,3H2. The van der Waals surface area contributed by atoms with E-state index in [9.17, 15) is 4.39 Å². The van der Waals surface area contributed by atoms with Crippen LogP contribution < -0.4 is 0 Å². The van der Waals surface area contributed by atoms with Gasteiger partial charge in [0.1, 0.15) is 5.82 Å². The third kappa shape index (κ3) is 1.35. The molecule has 0 aliphatic carbocycles. The Balaban J connectivity index is 2.80. The Morgan fingerprint density at radius 1 is 1.46 bits per heavy atom. The number of hydrogen-bond donors (Lipinski definition) is 2. The summed E-state index contributed by atoms with van der Waals surface area (Å²) in [5.74, 6) is -0.328. The Morgan fingerprint density at radius 3 is 2.92 bits per heavy atom. The Morgan fingerprint density at radius 2 is 2.23 bits per heavy atom. The molecular weight excluding hydrogens is 207 g/mol. The maximum absolute atomic E-state index is 13.5. The molecule has 1 aromatic carbocycles. The number of benzene rings is 1. The first-order valence-corrected chi connectivity index (χ1v) is 5.05. The van der Waals surface area contributed by atoms with Crippen LogP contribution in [0.5, 0.6) is 0 Å². The van der Waals surface area contributed by atoms with Crippen LogP contribution >= 0.6 is 24.0 Å². The predicted octanol–water partition coefficient (Wildman–Crippen LogP) is 2.82. The van der Waals surface area contributed by atoms with E-state index in [4.69, 9.17) is 5.11 Å². The van der Waals surface area contributed by atoms with Gasteiger partial charge in [-0.2, -0.15) is 0 Å². The molecule has 2 rings (SSSR count). The second-order valence-electron chi connectivity index (χ2n) is 2.69. The molecule has 0 spiro atoms. The van der Waals surface area contributed by atoms with Crippen molar-refractivity contribution in [1.82, 2.24) is 0 Å². The SMILES string of the molecule is OCc1ccc2c(S)csc2c1F. The van der Waals surface area contributed by atoms with Gasteiger partial charge in [0.15, 0.2) is 0 Å². The van der Waals surface area contributed by atoms with Gasteiger partial charge in [0, 0.05) is 21.2 Å². The molecule has 0 fully saturated rings. The number of halogens is 1. The van der Waals surface area contributed by atoms with E-state index >= 15 is 0 Å². The molecule has 2 aromatic rings. The molecule has 0 saturated carbocycles. The van der Waals surface area contributed by atoms with Crippen LogP contribution in [0.2, 0.25) is 0 Å². The summed E-state index contributed by atoms with van der Waals surface area (Å²) in [6.45, 7) is -0.262. The van der Waals surface area contributed by atoms with E-state index in [-0.39, 0.29) is 12.4 Å². The van der Waals surface area contributed by atoms with Crippen molar-refractivity contribution in [1.29, 1.82) is 0 Å². The lowest BCUT2D eigenvalue weighted by Crippen LogP contribution is -1.88. The van der Waals surface area contributed by atoms with Gasteiger partial charge in [-0.3, -0.25) is 0 Å². The average Bonchev–Trinajstić information content (AvgIpc) is 2.50. The number of aliphatic hydroxyl groups excluding tert-OH is 1. The lowest BCUT2D eigenvalue weighted by Gasteiger charge is -1.99. The maximum atomic E-state index is 13.5. The smallest absolute Gasteiger partial charge is 0.146 e. The minimum absolute atomic E-state index is 0.262. The Labute approximate surface area is 84.2 Å². The van der Waals surface area contributed by atoms with Crippen LogP contribution in [-0.4, -0.2) is 5.11 Å². The first-order valence-electron chi connectivity index (χ1n) is 3.72. The normalized spacial score (nSPS) is 11.0. The molecule has 1 N–H and O–H groups in total. The Kier molecular flexibility index (Phi) is 2.27. The molecule has 0 amide bonds. The van der Waals surface area contributed by atoms with E-state index in [0.717, 1.165) is 10.3 Å². The van der Waals surface area contributed by atoms with E-state index in [1.807, 2.05) is 0 Å². The third-order valence-corrected chi connectivity index (χ3v) is 3.44. The summed E-state index contributed by atoms with van der Waals surface area (Å²) in [6, 6.07) is 3.37. The summed E-state index contributed by atoms with van der Waals surface area (Å²) in [5.41, 5.74) is 0.336. The minimum Gasteiger partial charge on any atom is -0.392 e. The molecule has 68 valence electrons. The fraction of sp³-hybridized carbons (Fsp3) is 0.111. The zero-order valence-electron chi connectivity index (χ0n) is 6.62. The lowest BCUT2D eigenvalue weighted by atomic mass is 10.2. The summed E-state index contributed by atoms with van der Waals surface area (Å²) in [4.78, 5) is 0.781. The topological polar surface area (TPSA) is 20.2 Å². The predicted molar refractivity (Wildman–Crippen MR) is 55.0 cm³/mol. The number of thiol groups is 1. The van der Waals surface area contributed by atoms with Gasteiger partial charge in [-0.05, 0) is 0 Å². The molecule has 4 heteroatoms. The first-order chi connectivity index (χ1) is 6.24. The van der Waals surface area contributed by atoms with Crippen molar-refractivity contribution >= 4 is 34.1 Å². The van der Waals surface area contributed by atoms with Gasteiger partial charge in [0.25, 0.3) is 0 Å². The van der Waals surface area contributed by atoms with Crippen LogP contribution in [0.4, 0.5) is 4.39 Å². The van der Waals surface area contributed by atoms with Gasteiger partial charge in [0.05, 0.1) is 11.3 Å². The van der Waals surface area contributed by atoms with Gasteiger partial charge < -0.3 is 5.11 Å². The van der Waals surface area contributed by atoms with Crippen LogP contribution in [0.25, 0.3) is 10.1 Å². The Bertz CT molecular complexity index is 450. The van der Waals surface area contributed by atoms with Crippen LogP contribution in [0.3, 0.4) is 0 Å². The highest BCUT2D eigenvalue weighted by atomic mass is 32.1. The molecule has 0 unspecified atom stereocenters. The van der Waals surface area contributed by atoms with E-state index in [2.05, 4.69) is 12.6 Å². The van der Waals surface area contributed by atoms with Gasteiger partial charge >= 0.3 is 0 Å². The fourth-order valence-corrected chi connectivity index (χ4v) is 2.53. The van der Waals surface area contributed by atoms with Crippen LogP contribution in [0.15, 0.2) is 22.4 Å². The highest BCUT2D eigenvalue weighted by molar-refractivity contribution is 7.80. The monoisotopic (exact) mass is 214 g/mol. The van der Waals surface area contributed by atoms with Crippen LogP contribution in [0, 0.1) is 5.82 Å². The molecule has 0 aliphatic heterocycles. The van der Waals surface area contributed by atoms with Gasteiger partial charge in [-0.15, -0.1) is 24.0 Å². The van der Waals surface area contributed by atoms with Crippen molar-refractivity contribution in [2.45, 2.75) is 11.5 Å². The molecule has 0 radical (unpaired) electrons. The van der Waals surface area contributed by atoms with Crippen molar-refractivity contribution in [2.75, 3.05) is 0 Å². The number of rotatable bonds is 1. The maximum Gasteiger partial charge on any atom is 0.146 e. The van der Waals surface area contributed by atoms with Gasteiger partial charge in [0.2, 0.25) is 0 Å².